The normalized spacial score (nSPS) is 15.9. The zero-order valence-electron chi connectivity index (χ0n) is 12.1. The van der Waals surface area contributed by atoms with Crippen LogP contribution in [-0.4, -0.2) is 47.7 Å². The predicted molar refractivity (Wildman–Crippen MR) is 79.4 cm³/mol. The molecule has 1 aliphatic rings. The molecule has 0 spiro atoms. The smallest absolute Gasteiger partial charge is 0.236 e. The van der Waals surface area contributed by atoms with Gasteiger partial charge in [-0.3, -0.25) is 4.79 Å². The van der Waals surface area contributed by atoms with Crippen LogP contribution in [0.25, 0.3) is 0 Å². The number of carbonyl (C=O) groups is 1. The zero-order valence-corrected chi connectivity index (χ0v) is 12.1. The van der Waals surface area contributed by atoms with Gasteiger partial charge in [-0.2, -0.15) is 0 Å². The van der Waals surface area contributed by atoms with Crippen molar-refractivity contribution in [3.05, 3.63) is 35.9 Å². The van der Waals surface area contributed by atoms with Crippen molar-refractivity contribution in [1.82, 2.24) is 10.2 Å². The predicted octanol–water partition coefficient (Wildman–Crippen LogP) is 1.19. The molecular weight excluding hydrogens is 252 g/mol. The largest absolute Gasteiger partial charge is 0.395 e. The number of benzene rings is 1. The van der Waals surface area contributed by atoms with E-state index in [9.17, 15) is 9.90 Å². The molecule has 2 rings (SSSR count). The molecule has 0 heterocycles. The van der Waals surface area contributed by atoms with Crippen LogP contribution < -0.4 is 5.32 Å². The maximum absolute atomic E-state index is 12.1. The summed E-state index contributed by atoms with van der Waals surface area (Å²) in [5.74, 6) is 0.140. The van der Waals surface area contributed by atoms with Crippen LogP contribution in [0.15, 0.2) is 30.3 Å². The second-order valence-corrected chi connectivity index (χ2v) is 5.36. The van der Waals surface area contributed by atoms with Gasteiger partial charge in [0.1, 0.15) is 0 Å². The van der Waals surface area contributed by atoms with Crippen molar-refractivity contribution in [2.75, 3.05) is 19.7 Å². The summed E-state index contributed by atoms with van der Waals surface area (Å²) in [5.41, 5.74) is 1.17. The molecule has 0 bridgehead atoms. The molecule has 0 saturated heterocycles. The van der Waals surface area contributed by atoms with Crippen LogP contribution >= 0.6 is 0 Å². The van der Waals surface area contributed by atoms with Gasteiger partial charge in [0.05, 0.1) is 13.2 Å². The number of nitrogens with one attached hydrogen (secondary N) is 1. The molecule has 20 heavy (non-hydrogen) atoms. The number of likely N-dealkylation sites (N-methyl/N-ethyl adjacent to an activating group) is 1. The Labute approximate surface area is 120 Å². The Hall–Kier alpha value is -1.39. The fourth-order valence-electron chi connectivity index (χ4n) is 2.46. The monoisotopic (exact) mass is 276 g/mol. The van der Waals surface area contributed by atoms with Gasteiger partial charge in [0.2, 0.25) is 5.91 Å². The minimum atomic E-state index is -0.0701. The Morgan fingerprint density at radius 2 is 2.10 bits per heavy atom. The lowest BCUT2D eigenvalue weighted by atomic mass is 10.1. The average Bonchev–Trinajstić information content (AvgIpc) is 3.30. The van der Waals surface area contributed by atoms with Gasteiger partial charge in [-0.05, 0) is 31.7 Å². The lowest BCUT2D eigenvalue weighted by Gasteiger charge is -2.22. The molecule has 0 aliphatic heterocycles. The van der Waals surface area contributed by atoms with Gasteiger partial charge in [0.15, 0.2) is 0 Å². The summed E-state index contributed by atoms with van der Waals surface area (Å²) in [5, 5.41) is 12.6. The summed E-state index contributed by atoms with van der Waals surface area (Å²) in [6, 6.07) is 10.4. The minimum Gasteiger partial charge on any atom is -0.395 e. The Bertz CT molecular complexity index is 418. The summed E-state index contributed by atoms with van der Waals surface area (Å²) in [6.07, 6.45) is 3.00. The highest BCUT2D eigenvalue weighted by Gasteiger charge is 2.31. The van der Waals surface area contributed by atoms with Crippen molar-refractivity contribution >= 4 is 5.91 Å². The van der Waals surface area contributed by atoms with Crippen molar-refractivity contribution in [2.45, 2.75) is 38.3 Å². The second kappa shape index (κ2) is 7.41. The van der Waals surface area contributed by atoms with E-state index in [2.05, 4.69) is 5.32 Å². The lowest BCUT2D eigenvalue weighted by Crippen LogP contribution is -2.44. The van der Waals surface area contributed by atoms with Crippen LogP contribution in [0, 0.1) is 0 Å². The summed E-state index contributed by atoms with van der Waals surface area (Å²) < 4.78 is 0. The Kier molecular flexibility index (Phi) is 5.56. The first-order chi connectivity index (χ1) is 9.74. The summed E-state index contributed by atoms with van der Waals surface area (Å²) >= 11 is 0. The Morgan fingerprint density at radius 3 is 2.65 bits per heavy atom. The van der Waals surface area contributed by atoms with E-state index in [0.29, 0.717) is 12.6 Å². The van der Waals surface area contributed by atoms with E-state index in [1.165, 1.54) is 5.56 Å². The summed E-state index contributed by atoms with van der Waals surface area (Å²) in [6.45, 7) is 3.14. The van der Waals surface area contributed by atoms with Gasteiger partial charge in [0.25, 0.3) is 0 Å². The SMILES string of the molecule is CCN(C(=O)CNC(CO)Cc1ccccc1)C1CC1. The molecule has 0 aromatic heterocycles. The molecule has 1 aromatic carbocycles. The van der Waals surface area contributed by atoms with E-state index in [4.69, 9.17) is 0 Å². The highest BCUT2D eigenvalue weighted by molar-refractivity contribution is 5.78. The molecule has 0 radical (unpaired) electrons. The molecule has 4 nitrogen and oxygen atoms in total. The topological polar surface area (TPSA) is 52.6 Å². The number of rotatable bonds is 8. The number of hydrogen-bond donors (Lipinski definition) is 2. The highest BCUT2D eigenvalue weighted by atomic mass is 16.3. The number of hydrogen-bond acceptors (Lipinski definition) is 3. The van der Waals surface area contributed by atoms with E-state index in [1.54, 1.807) is 0 Å². The van der Waals surface area contributed by atoms with Crippen molar-refractivity contribution in [3.63, 3.8) is 0 Å². The number of aliphatic hydroxyl groups excluding tert-OH is 1. The van der Waals surface area contributed by atoms with Crippen LogP contribution in [-0.2, 0) is 11.2 Å². The molecule has 1 unspecified atom stereocenters. The molecule has 110 valence electrons. The minimum absolute atomic E-state index is 0.0394. The molecule has 4 heteroatoms. The quantitative estimate of drug-likeness (QED) is 0.750. The molecule has 1 amide bonds. The van der Waals surface area contributed by atoms with Gasteiger partial charge in [0, 0.05) is 18.6 Å². The number of carbonyl (C=O) groups excluding carboxylic acids is 1. The Balaban J connectivity index is 1.79. The van der Waals surface area contributed by atoms with Crippen molar-refractivity contribution < 1.29 is 9.90 Å². The molecule has 1 aromatic rings. The number of aliphatic hydroxyl groups is 1. The zero-order chi connectivity index (χ0) is 14.4. The summed E-state index contributed by atoms with van der Waals surface area (Å²) in [4.78, 5) is 14.0. The molecule has 1 fully saturated rings. The van der Waals surface area contributed by atoms with E-state index in [1.807, 2.05) is 42.2 Å². The van der Waals surface area contributed by atoms with Crippen molar-refractivity contribution in [1.29, 1.82) is 0 Å². The van der Waals surface area contributed by atoms with Crippen LogP contribution in [0.4, 0.5) is 0 Å². The van der Waals surface area contributed by atoms with E-state index in [0.717, 1.165) is 25.8 Å². The third kappa shape index (κ3) is 4.32. The number of amides is 1. The van der Waals surface area contributed by atoms with Crippen LogP contribution in [0.1, 0.15) is 25.3 Å². The maximum atomic E-state index is 12.1. The maximum Gasteiger partial charge on any atom is 0.236 e. The van der Waals surface area contributed by atoms with Gasteiger partial charge in [-0.15, -0.1) is 0 Å². The summed E-state index contributed by atoms with van der Waals surface area (Å²) in [7, 11) is 0. The second-order valence-electron chi connectivity index (χ2n) is 5.36. The first-order valence-corrected chi connectivity index (χ1v) is 7.42. The standard InChI is InChI=1S/C16H24N2O2/c1-2-18(15-8-9-15)16(20)11-17-14(12-19)10-13-6-4-3-5-7-13/h3-7,14-15,17,19H,2,8-12H2,1H3. The first kappa shape index (κ1) is 15.0. The third-order valence-electron chi connectivity index (χ3n) is 3.74. The lowest BCUT2D eigenvalue weighted by molar-refractivity contribution is -0.130. The van der Waals surface area contributed by atoms with Gasteiger partial charge >= 0.3 is 0 Å². The molecule has 1 saturated carbocycles. The molecular formula is C16H24N2O2. The van der Waals surface area contributed by atoms with Gasteiger partial charge in [-0.25, -0.2) is 0 Å². The van der Waals surface area contributed by atoms with Gasteiger partial charge < -0.3 is 15.3 Å². The molecule has 1 atom stereocenters. The van der Waals surface area contributed by atoms with E-state index >= 15 is 0 Å². The fourth-order valence-corrected chi connectivity index (χ4v) is 2.46. The third-order valence-corrected chi connectivity index (χ3v) is 3.74. The van der Waals surface area contributed by atoms with Crippen molar-refractivity contribution in [2.24, 2.45) is 0 Å². The average molecular weight is 276 g/mol. The van der Waals surface area contributed by atoms with Crippen LogP contribution in [0.2, 0.25) is 0 Å². The first-order valence-electron chi connectivity index (χ1n) is 7.42. The van der Waals surface area contributed by atoms with E-state index < -0.39 is 0 Å². The fraction of sp³-hybridized carbons (Fsp3) is 0.562. The Morgan fingerprint density at radius 1 is 1.40 bits per heavy atom. The van der Waals surface area contributed by atoms with Crippen molar-refractivity contribution in [3.8, 4) is 0 Å². The number of nitrogens with zero attached hydrogens (tertiary/aromatic N) is 1. The molecule has 2 N–H and O–H groups in total. The van der Waals surface area contributed by atoms with E-state index in [-0.39, 0.29) is 18.6 Å². The van der Waals surface area contributed by atoms with Gasteiger partial charge in [-0.1, -0.05) is 30.3 Å². The van der Waals surface area contributed by atoms with Crippen LogP contribution in [0.3, 0.4) is 0 Å². The molecule has 1 aliphatic carbocycles. The highest BCUT2D eigenvalue weighted by Crippen LogP contribution is 2.26. The van der Waals surface area contributed by atoms with Crippen LogP contribution in [0.5, 0.6) is 0 Å².